The number of nitrogens with one attached hydrogen (secondary N) is 1. The third-order valence-corrected chi connectivity index (χ3v) is 5.20. The summed E-state index contributed by atoms with van der Waals surface area (Å²) in [4.78, 5) is 27.9. The van der Waals surface area contributed by atoms with Gasteiger partial charge in [0.1, 0.15) is 17.3 Å². The van der Waals surface area contributed by atoms with E-state index in [0.717, 1.165) is 4.90 Å². The number of aryl methyl sites for hydroxylation is 1. The van der Waals surface area contributed by atoms with E-state index in [1.807, 2.05) is 0 Å². The highest BCUT2D eigenvalue weighted by Crippen LogP contribution is 2.36. The molecule has 1 N–H and O–H groups in total. The smallest absolute Gasteiger partial charge is 0.282 e. The van der Waals surface area contributed by atoms with E-state index in [1.165, 1.54) is 31.4 Å². The molecule has 0 radical (unpaired) electrons. The first-order valence-corrected chi connectivity index (χ1v) is 9.83. The maximum atomic E-state index is 13.5. The maximum Gasteiger partial charge on any atom is 0.282 e. The Hall–Kier alpha value is -3.64. The number of amides is 2. The zero-order valence-electron chi connectivity index (χ0n) is 16.8. The van der Waals surface area contributed by atoms with Gasteiger partial charge in [0, 0.05) is 16.8 Å². The number of hydrogen-bond acceptors (Lipinski definition) is 4. The summed E-state index contributed by atoms with van der Waals surface area (Å²) in [6.07, 6.45) is 0. The second-order valence-corrected chi connectivity index (χ2v) is 7.43. The van der Waals surface area contributed by atoms with Crippen LogP contribution in [0.4, 0.5) is 15.8 Å². The van der Waals surface area contributed by atoms with Gasteiger partial charge in [-0.25, -0.2) is 9.29 Å². The minimum atomic E-state index is -0.530. The van der Waals surface area contributed by atoms with Gasteiger partial charge in [-0.1, -0.05) is 35.9 Å². The molecule has 1 aliphatic heterocycles. The third-order valence-electron chi connectivity index (χ3n) is 4.97. The normalized spacial score (nSPS) is 13.7. The van der Waals surface area contributed by atoms with Crippen LogP contribution in [0.2, 0.25) is 5.02 Å². The van der Waals surface area contributed by atoms with Crippen molar-refractivity contribution in [3.8, 4) is 5.75 Å². The average molecular weight is 437 g/mol. The highest BCUT2D eigenvalue weighted by atomic mass is 35.5. The number of methoxy groups -OCH3 is 1. The quantitative estimate of drug-likeness (QED) is 0.559. The molecule has 2 amide bonds. The lowest BCUT2D eigenvalue weighted by Crippen LogP contribution is -2.33. The van der Waals surface area contributed by atoms with E-state index in [9.17, 15) is 14.0 Å². The molecule has 0 fully saturated rings. The van der Waals surface area contributed by atoms with E-state index in [-0.39, 0.29) is 11.3 Å². The summed E-state index contributed by atoms with van der Waals surface area (Å²) in [6.45, 7) is 1.79. The molecular weight excluding hydrogens is 419 g/mol. The van der Waals surface area contributed by atoms with Crippen LogP contribution < -0.4 is 15.0 Å². The van der Waals surface area contributed by atoms with E-state index in [2.05, 4.69) is 5.32 Å². The Balaban J connectivity index is 1.84. The van der Waals surface area contributed by atoms with Gasteiger partial charge in [0.15, 0.2) is 0 Å². The van der Waals surface area contributed by atoms with Crippen molar-refractivity contribution in [2.45, 2.75) is 6.92 Å². The van der Waals surface area contributed by atoms with Gasteiger partial charge in [0.2, 0.25) is 0 Å². The van der Waals surface area contributed by atoms with Gasteiger partial charge in [0.25, 0.3) is 11.8 Å². The first-order valence-electron chi connectivity index (χ1n) is 9.45. The maximum absolute atomic E-state index is 13.5. The molecule has 31 heavy (non-hydrogen) atoms. The Kier molecular flexibility index (Phi) is 5.48. The molecule has 5 nitrogen and oxygen atoms in total. The zero-order chi connectivity index (χ0) is 22.1. The van der Waals surface area contributed by atoms with Crippen molar-refractivity contribution in [2.24, 2.45) is 0 Å². The molecule has 0 spiro atoms. The number of halogens is 2. The van der Waals surface area contributed by atoms with Crippen LogP contribution in [0.1, 0.15) is 11.1 Å². The molecule has 0 saturated carbocycles. The van der Waals surface area contributed by atoms with Gasteiger partial charge in [-0.3, -0.25) is 9.59 Å². The number of carbonyl (C=O) groups excluding carboxylic acids is 2. The van der Waals surface area contributed by atoms with Crippen LogP contribution >= 0.6 is 11.6 Å². The van der Waals surface area contributed by atoms with E-state index in [0.29, 0.717) is 33.3 Å². The van der Waals surface area contributed by atoms with Gasteiger partial charge in [-0.05, 0) is 54.4 Å². The molecular formula is C24H18ClFN2O3. The molecule has 1 heterocycles. The van der Waals surface area contributed by atoms with Crippen LogP contribution in [0.25, 0.3) is 5.57 Å². The number of nitrogens with zero attached hydrogens (tertiary/aromatic N) is 1. The Morgan fingerprint density at radius 2 is 1.71 bits per heavy atom. The molecule has 0 unspecified atom stereocenters. The van der Waals surface area contributed by atoms with E-state index < -0.39 is 17.6 Å². The van der Waals surface area contributed by atoms with Crippen LogP contribution in [0, 0.1) is 12.7 Å². The summed E-state index contributed by atoms with van der Waals surface area (Å²) in [7, 11) is 1.54. The summed E-state index contributed by atoms with van der Waals surface area (Å²) < 4.78 is 18.7. The summed E-state index contributed by atoms with van der Waals surface area (Å²) in [6, 6.07) is 17.4. The van der Waals surface area contributed by atoms with Crippen molar-refractivity contribution < 1.29 is 18.7 Å². The minimum Gasteiger partial charge on any atom is -0.497 e. The average Bonchev–Trinajstić information content (AvgIpc) is 3.00. The highest BCUT2D eigenvalue weighted by molar-refractivity contribution is 6.46. The highest BCUT2D eigenvalue weighted by Gasteiger charge is 2.41. The molecule has 156 valence electrons. The van der Waals surface area contributed by atoms with Crippen LogP contribution in [0.3, 0.4) is 0 Å². The van der Waals surface area contributed by atoms with Crippen molar-refractivity contribution >= 4 is 40.4 Å². The predicted octanol–water partition coefficient (Wildman–Crippen LogP) is 5.19. The van der Waals surface area contributed by atoms with Gasteiger partial charge in [-0.2, -0.15) is 0 Å². The molecule has 0 atom stereocenters. The Morgan fingerprint density at radius 1 is 0.968 bits per heavy atom. The second-order valence-electron chi connectivity index (χ2n) is 6.99. The molecule has 4 rings (SSSR count). The van der Waals surface area contributed by atoms with Crippen molar-refractivity contribution in [2.75, 3.05) is 17.3 Å². The van der Waals surface area contributed by atoms with Gasteiger partial charge < -0.3 is 10.1 Å². The topological polar surface area (TPSA) is 58.6 Å². The molecule has 3 aromatic rings. The van der Waals surface area contributed by atoms with E-state index in [4.69, 9.17) is 16.3 Å². The Bertz CT molecular complexity index is 1220. The van der Waals surface area contributed by atoms with Gasteiger partial charge in [0.05, 0.1) is 18.4 Å². The van der Waals surface area contributed by atoms with Gasteiger partial charge in [-0.15, -0.1) is 0 Å². The van der Waals surface area contributed by atoms with Crippen LogP contribution in [-0.2, 0) is 9.59 Å². The molecule has 0 aromatic heterocycles. The first-order chi connectivity index (χ1) is 14.9. The second kappa shape index (κ2) is 8.24. The molecule has 0 saturated heterocycles. The fraction of sp³-hybridized carbons (Fsp3) is 0.0833. The number of imide groups is 1. The fourth-order valence-corrected chi connectivity index (χ4v) is 3.58. The molecule has 0 bridgehead atoms. The number of carbonyl (C=O) groups is 2. The lowest BCUT2D eigenvalue weighted by molar-refractivity contribution is -0.120. The first kappa shape index (κ1) is 20.6. The standard InChI is InChI=1S/C24H18ClFN2O3/c1-14-6-9-16(25)12-20(14)28-23(29)21(15-7-10-17(26)11-8-15)22(24(28)30)27-18-4-3-5-19(13-18)31-2/h3-13,27H,1-2H3. The number of anilines is 2. The van der Waals surface area contributed by atoms with Crippen molar-refractivity contribution in [1.29, 1.82) is 0 Å². The fourth-order valence-electron chi connectivity index (χ4n) is 3.42. The van der Waals surface area contributed by atoms with Crippen molar-refractivity contribution in [3.63, 3.8) is 0 Å². The number of rotatable bonds is 5. The van der Waals surface area contributed by atoms with Crippen LogP contribution in [-0.4, -0.2) is 18.9 Å². The Morgan fingerprint density at radius 3 is 2.42 bits per heavy atom. The monoisotopic (exact) mass is 436 g/mol. The summed E-state index contributed by atoms with van der Waals surface area (Å²) >= 11 is 6.13. The van der Waals surface area contributed by atoms with Crippen molar-refractivity contribution in [3.05, 3.63) is 94.4 Å². The largest absolute Gasteiger partial charge is 0.497 e. The predicted molar refractivity (Wildman–Crippen MR) is 119 cm³/mol. The number of benzene rings is 3. The summed E-state index contributed by atoms with van der Waals surface area (Å²) in [5.74, 6) is -0.899. The molecule has 0 aliphatic carbocycles. The molecule has 3 aromatic carbocycles. The zero-order valence-corrected chi connectivity index (χ0v) is 17.5. The minimum absolute atomic E-state index is 0.0873. The Labute approximate surface area is 183 Å². The number of ether oxygens (including phenoxy) is 1. The van der Waals surface area contributed by atoms with Crippen LogP contribution in [0.15, 0.2) is 72.4 Å². The number of hydrogen-bond donors (Lipinski definition) is 1. The lowest BCUT2D eigenvalue weighted by Gasteiger charge is -2.18. The van der Waals surface area contributed by atoms with Crippen molar-refractivity contribution in [1.82, 2.24) is 0 Å². The molecule has 7 heteroatoms. The molecule has 1 aliphatic rings. The third kappa shape index (κ3) is 3.90. The van der Waals surface area contributed by atoms with Gasteiger partial charge >= 0.3 is 0 Å². The summed E-state index contributed by atoms with van der Waals surface area (Å²) in [5, 5.41) is 3.46. The summed E-state index contributed by atoms with van der Waals surface area (Å²) in [5.41, 5.74) is 2.33. The SMILES string of the molecule is COc1cccc(NC2=C(c3ccc(F)cc3)C(=O)N(c3cc(Cl)ccc3C)C2=O)c1. The van der Waals surface area contributed by atoms with Crippen LogP contribution in [0.5, 0.6) is 5.75 Å². The van der Waals surface area contributed by atoms with E-state index in [1.54, 1.807) is 49.4 Å². The lowest BCUT2D eigenvalue weighted by atomic mass is 10.0. The van der Waals surface area contributed by atoms with E-state index >= 15 is 0 Å².